The van der Waals surface area contributed by atoms with E-state index in [1.54, 1.807) is 0 Å². The normalized spacial score (nSPS) is 14.4. The molecule has 0 spiro atoms. The topological polar surface area (TPSA) is 101 Å². The van der Waals surface area contributed by atoms with Crippen molar-refractivity contribution < 1.29 is 19.8 Å². The third kappa shape index (κ3) is 6.40. The van der Waals surface area contributed by atoms with E-state index < -0.39 is 23.9 Å². The lowest BCUT2D eigenvalue weighted by Gasteiger charge is -2.14. The summed E-state index contributed by atoms with van der Waals surface area (Å²) in [6.45, 7) is 2.08. The maximum absolute atomic E-state index is 10.9. The highest BCUT2D eigenvalue weighted by Crippen LogP contribution is 2.16. The summed E-state index contributed by atoms with van der Waals surface area (Å²) in [6.07, 6.45) is 4.50. The van der Waals surface area contributed by atoms with Gasteiger partial charge in [0, 0.05) is 0 Å². The number of carbonyl (C=O) groups is 2. The molecule has 0 saturated carbocycles. The lowest BCUT2D eigenvalue weighted by atomic mass is 9.94. The molecule has 0 aliphatic heterocycles. The van der Waals surface area contributed by atoms with Gasteiger partial charge in [-0.25, -0.2) is 0 Å². The quantitative estimate of drug-likeness (QED) is 0.521. The number of aliphatic carboxylic acids is 2. The SMILES string of the molecule is CCCCCC[C@H](C[C@H](N)C(=O)O)C(=O)O. The molecule has 5 nitrogen and oxygen atoms in total. The Kier molecular flexibility index (Phi) is 7.54. The van der Waals surface area contributed by atoms with Crippen molar-refractivity contribution in [1.82, 2.24) is 0 Å². The monoisotopic (exact) mass is 231 g/mol. The molecule has 0 unspecified atom stereocenters. The highest BCUT2D eigenvalue weighted by Gasteiger charge is 2.23. The standard InChI is InChI=1S/C11H21NO4/c1-2-3-4-5-6-8(10(13)14)7-9(12)11(15)16/h8-9H,2-7,12H2,1H3,(H,13,14)(H,15,16)/t8-,9+/m1/s1. The summed E-state index contributed by atoms with van der Waals surface area (Å²) in [5.41, 5.74) is 5.32. The molecule has 0 bridgehead atoms. The molecular weight excluding hydrogens is 210 g/mol. The zero-order valence-corrected chi connectivity index (χ0v) is 9.69. The van der Waals surface area contributed by atoms with Gasteiger partial charge in [-0.15, -0.1) is 0 Å². The first-order chi connectivity index (χ1) is 7.49. The van der Waals surface area contributed by atoms with Gasteiger partial charge in [0.1, 0.15) is 6.04 Å². The van der Waals surface area contributed by atoms with Crippen LogP contribution in [0.4, 0.5) is 0 Å². The predicted octanol–water partition coefficient (Wildman–Crippen LogP) is 1.46. The van der Waals surface area contributed by atoms with E-state index in [1.165, 1.54) is 0 Å². The van der Waals surface area contributed by atoms with Crippen LogP contribution < -0.4 is 5.73 Å². The summed E-state index contributed by atoms with van der Waals surface area (Å²) in [7, 11) is 0. The molecule has 94 valence electrons. The maximum Gasteiger partial charge on any atom is 0.320 e. The van der Waals surface area contributed by atoms with Crippen LogP contribution in [0.2, 0.25) is 0 Å². The van der Waals surface area contributed by atoms with Crippen molar-refractivity contribution in [2.75, 3.05) is 0 Å². The van der Waals surface area contributed by atoms with Crippen molar-refractivity contribution in [1.29, 1.82) is 0 Å². The van der Waals surface area contributed by atoms with Crippen molar-refractivity contribution in [2.24, 2.45) is 11.7 Å². The minimum Gasteiger partial charge on any atom is -0.481 e. The van der Waals surface area contributed by atoms with Crippen molar-refractivity contribution in [2.45, 2.75) is 51.5 Å². The first-order valence-corrected chi connectivity index (χ1v) is 5.70. The second-order valence-electron chi connectivity index (χ2n) is 4.06. The van der Waals surface area contributed by atoms with Crippen molar-refractivity contribution in [3.05, 3.63) is 0 Å². The Bertz CT molecular complexity index is 230. The van der Waals surface area contributed by atoms with Gasteiger partial charge in [-0.05, 0) is 12.8 Å². The van der Waals surface area contributed by atoms with E-state index in [-0.39, 0.29) is 6.42 Å². The second kappa shape index (κ2) is 8.10. The van der Waals surface area contributed by atoms with Crippen LogP contribution in [-0.4, -0.2) is 28.2 Å². The molecule has 0 aromatic heterocycles. The van der Waals surface area contributed by atoms with Gasteiger partial charge in [0.2, 0.25) is 0 Å². The number of hydrogen-bond acceptors (Lipinski definition) is 3. The fourth-order valence-corrected chi connectivity index (χ4v) is 1.57. The first-order valence-electron chi connectivity index (χ1n) is 5.70. The Morgan fingerprint density at radius 2 is 1.75 bits per heavy atom. The van der Waals surface area contributed by atoms with E-state index in [0.29, 0.717) is 6.42 Å². The molecule has 0 heterocycles. The van der Waals surface area contributed by atoms with Crippen LogP contribution in [-0.2, 0) is 9.59 Å². The number of rotatable bonds is 9. The number of carboxylic acids is 2. The van der Waals surface area contributed by atoms with Crippen LogP contribution in [0.15, 0.2) is 0 Å². The molecular formula is C11H21NO4. The van der Waals surface area contributed by atoms with Gasteiger partial charge >= 0.3 is 11.9 Å². The van der Waals surface area contributed by atoms with Gasteiger partial charge < -0.3 is 15.9 Å². The number of nitrogens with two attached hydrogens (primary N) is 1. The maximum atomic E-state index is 10.9. The first kappa shape index (κ1) is 14.9. The predicted molar refractivity (Wildman–Crippen MR) is 60.1 cm³/mol. The average molecular weight is 231 g/mol. The summed E-state index contributed by atoms with van der Waals surface area (Å²) < 4.78 is 0. The number of carboxylic acid groups (broad SMARTS) is 2. The van der Waals surface area contributed by atoms with Crippen molar-refractivity contribution >= 4 is 11.9 Å². The van der Waals surface area contributed by atoms with E-state index in [2.05, 4.69) is 6.92 Å². The molecule has 0 fully saturated rings. The van der Waals surface area contributed by atoms with Crippen LogP contribution in [0.3, 0.4) is 0 Å². The van der Waals surface area contributed by atoms with Crippen LogP contribution >= 0.6 is 0 Å². The minimum atomic E-state index is -1.14. The third-order valence-corrected chi connectivity index (χ3v) is 2.61. The van der Waals surface area contributed by atoms with Crippen LogP contribution in [0, 0.1) is 5.92 Å². The summed E-state index contributed by atoms with van der Waals surface area (Å²) in [4.78, 5) is 21.4. The average Bonchev–Trinajstić information content (AvgIpc) is 2.21. The van der Waals surface area contributed by atoms with Gasteiger partial charge in [0.05, 0.1) is 5.92 Å². The second-order valence-corrected chi connectivity index (χ2v) is 4.06. The largest absolute Gasteiger partial charge is 0.481 e. The van der Waals surface area contributed by atoms with Gasteiger partial charge in [0.25, 0.3) is 0 Å². The zero-order chi connectivity index (χ0) is 12.6. The fraction of sp³-hybridized carbons (Fsp3) is 0.818. The highest BCUT2D eigenvalue weighted by molar-refractivity contribution is 5.75. The molecule has 0 aliphatic rings. The summed E-state index contributed by atoms with van der Waals surface area (Å²) in [5, 5.41) is 17.5. The Balaban J connectivity index is 3.98. The Morgan fingerprint density at radius 1 is 1.12 bits per heavy atom. The molecule has 0 aliphatic carbocycles. The summed E-state index contributed by atoms with van der Waals surface area (Å²) in [6, 6.07) is -1.08. The number of unbranched alkanes of at least 4 members (excludes halogenated alkanes) is 3. The van der Waals surface area contributed by atoms with Gasteiger partial charge in [-0.2, -0.15) is 0 Å². The summed E-state index contributed by atoms with van der Waals surface area (Å²) in [5.74, 6) is -2.73. The third-order valence-electron chi connectivity index (χ3n) is 2.61. The molecule has 0 rings (SSSR count). The highest BCUT2D eigenvalue weighted by atomic mass is 16.4. The minimum absolute atomic E-state index is 0.0107. The van der Waals surface area contributed by atoms with E-state index in [9.17, 15) is 9.59 Å². The lowest BCUT2D eigenvalue weighted by Crippen LogP contribution is -2.34. The van der Waals surface area contributed by atoms with Crippen LogP contribution in [0.1, 0.15) is 45.4 Å². The molecule has 5 heteroatoms. The van der Waals surface area contributed by atoms with E-state index >= 15 is 0 Å². The van der Waals surface area contributed by atoms with Crippen molar-refractivity contribution in [3.8, 4) is 0 Å². The zero-order valence-electron chi connectivity index (χ0n) is 9.69. The van der Waals surface area contributed by atoms with E-state index in [1.807, 2.05) is 0 Å². The molecule has 2 atom stereocenters. The molecule has 0 saturated heterocycles. The molecule has 0 amide bonds. The Labute approximate surface area is 95.6 Å². The smallest absolute Gasteiger partial charge is 0.320 e. The molecule has 16 heavy (non-hydrogen) atoms. The van der Waals surface area contributed by atoms with Gasteiger partial charge in [-0.3, -0.25) is 9.59 Å². The molecule has 4 N–H and O–H groups in total. The van der Waals surface area contributed by atoms with Gasteiger partial charge in [0.15, 0.2) is 0 Å². The van der Waals surface area contributed by atoms with Crippen molar-refractivity contribution in [3.63, 3.8) is 0 Å². The lowest BCUT2D eigenvalue weighted by molar-refractivity contribution is -0.143. The fourth-order valence-electron chi connectivity index (χ4n) is 1.57. The van der Waals surface area contributed by atoms with E-state index in [0.717, 1.165) is 25.7 Å². The Morgan fingerprint density at radius 3 is 2.19 bits per heavy atom. The molecule has 0 aromatic rings. The number of hydrogen-bond donors (Lipinski definition) is 3. The molecule has 0 radical (unpaired) electrons. The van der Waals surface area contributed by atoms with E-state index in [4.69, 9.17) is 15.9 Å². The Hall–Kier alpha value is -1.10. The van der Waals surface area contributed by atoms with Gasteiger partial charge in [-0.1, -0.05) is 32.6 Å². The molecule has 0 aromatic carbocycles. The van der Waals surface area contributed by atoms with Crippen LogP contribution in [0.5, 0.6) is 0 Å². The summed E-state index contributed by atoms with van der Waals surface area (Å²) >= 11 is 0. The van der Waals surface area contributed by atoms with Crippen LogP contribution in [0.25, 0.3) is 0 Å².